The molecule has 13 nitrogen and oxygen atoms in total. The number of hydrogen-bond donors (Lipinski definition) is 4. The summed E-state index contributed by atoms with van der Waals surface area (Å²) in [5, 5.41) is 29.6. The maximum atomic E-state index is 9.10. The third kappa shape index (κ3) is 12.7. The monoisotopic (exact) mass is 575 g/mol. The quantitative estimate of drug-likeness (QED) is 0.197. The van der Waals surface area contributed by atoms with Crippen LogP contribution in [-0.2, 0) is 23.9 Å². The number of ether oxygens (including phenoxy) is 2. The van der Waals surface area contributed by atoms with E-state index in [-0.39, 0.29) is 6.23 Å². The zero-order chi connectivity index (χ0) is 29.2. The maximum absolute atomic E-state index is 9.10. The minimum Gasteiger partial charge on any atom is -0.476 e. The maximum Gasteiger partial charge on any atom is 0.414 e. The van der Waals surface area contributed by atoms with Gasteiger partial charge in [-0.3, -0.25) is 4.90 Å². The molecule has 4 N–H and O–H groups in total. The van der Waals surface area contributed by atoms with Crippen molar-refractivity contribution in [2.45, 2.75) is 90.2 Å². The van der Waals surface area contributed by atoms with Crippen LogP contribution in [-0.4, -0.2) is 90.5 Å². The van der Waals surface area contributed by atoms with Crippen molar-refractivity contribution >= 4 is 35.6 Å². The first-order chi connectivity index (χ1) is 18.6. The predicted octanol–water partition coefficient (Wildman–Crippen LogP) is 3.54. The SMILES string of the molecule is CCCCCCOc1nsnc1C1C2CCN(CC2)C1OCCCCCC.O=C(O)C(=O)O.O=C(O)C(=O)O. The van der Waals surface area contributed by atoms with Crippen LogP contribution in [0.2, 0.25) is 0 Å². The molecule has 0 amide bonds. The van der Waals surface area contributed by atoms with E-state index in [2.05, 4.69) is 27.5 Å². The Morgan fingerprint density at radius 1 is 0.795 bits per heavy atom. The number of aliphatic carboxylic acids is 4. The highest BCUT2D eigenvalue weighted by atomic mass is 32.1. The lowest BCUT2D eigenvalue weighted by Gasteiger charge is -2.49. The molecular formula is C25H41N3O10S. The van der Waals surface area contributed by atoms with E-state index in [1.54, 1.807) is 0 Å². The first-order valence-corrected chi connectivity index (χ1v) is 14.1. The molecule has 3 saturated heterocycles. The zero-order valence-electron chi connectivity index (χ0n) is 22.6. The van der Waals surface area contributed by atoms with E-state index in [1.807, 2.05) is 0 Å². The molecule has 0 aliphatic carbocycles. The molecule has 2 unspecified atom stereocenters. The van der Waals surface area contributed by atoms with E-state index in [1.165, 1.54) is 63.1 Å². The molecule has 3 aliphatic rings. The molecular weight excluding hydrogens is 534 g/mol. The van der Waals surface area contributed by atoms with E-state index >= 15 is 0 Å². The van der Waals surface area contributed by atoms with Gasteiger partial charge in [-0.25, -0.2) is 19.2 Å². The summed E-state index contributed by atoms with van der Waals surface area (Å²) in [6.45, 7) is 8.41. The first-order valence-electron chi connectivity index (χ1n) is 13.4. The van der Waals surface area contributed by atoms with Crippen LogP contribution in [0, 0.1) is 5.92 Å². The summed E-state index contributed by atoms with van der Waals surface area (Å²) in [4.78, 5) is 38.9. The molecule has 0 radical (unpaired) electrons. The second kappa shape index (κ2) is 19.3. The van der Waals surface area contributed by atoms with Crippen molar-refractivity contribution in [2.24, 2.45) is 5.92 Å². The van der Waals surface area contributed by atoms with Crippen LogP contribution in [0.25, 0.3) is 0 Å². The van der Waals surface area contributed by atoms with Gasteiger partial charge in [-0.15, -0.1) is 4.37 Å². The Labute approximate surface area is 232 Å². The van der Waals surface area contributed by atoms with Gasteiger partial charge >= 0.3 is 23.9 Å². The lowest BCUT2D eigenvalue weighted by molar-refractivity contribution is -0.159. The number of unbranched alkanes of at least 4 members (excludes halogenated alkanes) is 6. The molecule has 1 aromatic rings. The largest absolute Gasteiger partial charge is 0.476 e. The second-order valence-electron chi connectivity index (χ2n) is 9.31. The highest BCUT2D eigenvalue weighted by Crippen LogP contribution is 2.45. The van der Waals surface area contributed by atoms with Crippen molar-refractivity contribution in [1.29, 1.82) is 0 Å². The molecule has 2 bridgehead atoms. The summed E-state index contributed by atoms with van der Waals surface area (Å²) >= 11 is 1.29. The molecule has 4 heterocycles. The topological polar surface area (TPSA) is 197 Å². The molecule has 39 heavy (non-hydrogen) atoms. The Morgan fingerprint density at radius 3 is 1.79 bits per heavy atom. The van der Waals surface area contributed by atoms with Gasteiger partial charge in [-0.2, -0.15) is 4.37 Å². The van der Waals surface area contributed by atoms with Gasteiger partial charge in [0.25, 0.3) is 0 Å². The number of piperidine rings is 3. The van der Waals surface area contributed by atoms with Gasteiger partial charge in [0, 0.05) is 19.7 Å². The average molecular weight is 576 g/mol. The van der Waals surface area contributed by atoms with Gasteiger partial charge < -0.3 is 29.9 Å². The Balaban J connectivity index is 0.000000530. The van der Waals surface area contributed by atoms with Crippen LogP contribution >= 0.6 is 11.7 Å². The number of hydrogen-bond acceptors (Lipinski definition) is 10. The fourth-order valence-electron chi connectivity index (χ4n) is 4.48. The molecule has 3 aliphatic heterocycles. The summed E-state index contributed by atoms with van der Waals surface area (Å²) < 4.78 is 21.6. The van der Waals surface area contributed by atoms with Crippen molar-refractivity contribution in [3.05, 3.63) is 5.69 Å². The van der Waals surface area contributed by atoms with Crippen molar-refractivity contribution in [1.82, 2.24) is 13.6 Å². The number of aromatic nitrogens is 2. The minimum absolute atomic E-state index is 0.158. The van der Waals surface area contributed by atoms with Crippen LogP contribution in [0.5, 0.6) is 5.88 Å². The molecule has 4 rings (SSSR count). The van der Waals surface area contributed by atoms with Gasteiger partial charge in [0.1, 0.15) is 11.9 Å². The number of nitrogens with zero attached hydrogens (tertiary/aromatic N) is 3. The normalized spacial score (nSPS) is 21.1. The van der Waals surface area contributed by atoms with Crippen LogP contribution in [0.4, 0.5) is 0 Å². The number of carboxylic acid groups (broad SMARTS) is 4. The van der Waals surface area contributed by atoms with E-state index in [0.29, 0.717) is 11.8 Å². The van der Waals surface area contributed by atoms with Gasteiger partial charge in [-0.1, -0.05) is 52.4 Å². The fraction of sp³-hybridized carbons (Fsp3) is 0.760. The number of carboxylic acids is 4. The number of carbonyl (C=O) groups is 4. The molecule has 0 spiro atoms. The van der Waals surface area contributed by atoms with E-state index in [0.717, 1.165) is 50.7 Å². The zero-order valence-corrected chi connectivity index (χ0v) is 23.4. The van der Waals surface area contributed by atoms with Crippen molar-refractivity contribution in [3.8, 4) is 5.88 Å². The lowest BCUT2D eigenvalue weighted by Crippen LogP contribution is -2.54. The van der Waals surface area contributed by atoms with Crippen molar-refractivity contribution in [3.63, 3.8) is 0 Å². The van der Waals surface area contributed by atoms with Gasteiger partial charge in [0.15, 0.2) is 0 Å². The van der Waals surface area contributed by atoms with E-state index < -0.39 is 23.9 Å². The molecule has 3 fully saturated rings. The Bertz CT molecular complexity index is 841. The summed E-state index contributed by atoms with van der Waals surface area (Å²) in [5.41, 5.74) is 1.06. The van der Waals surface area contributed by atoms with Gasteiger partial charge in [0.2, 0.25) is 5.88 Å². The van der Waals surface area contributed by atoms with Gasteiger partial charge in [0.05, 0.1) is 24.3 Å². The Hall–Kier alpha value is -2.84. The fourth-order valence-corrected chi connectivity index (χ4v) is 5.03. The summed E-state index contributed by atoms with van der Waals surface area (Å²) in [7, 11) is 0. The van der Waals surface area contributed by atoms with Crippen molar-refractivity contribution in [2.75, 3.05) is 26.3 Å². The minimum atomic E-state index is -1.82. The molecule has 1 aromatic heterocycles. The standard InChI is InChI=1S/C21H37N3O2S.2C2H2O4/c1-3-5-7-9-15-25-20-19(22-27-23-20)18-17-11-13-24(14-12-17)21(18)26-16-10-8-6-4-2;2*3-1(4)2(5)6/h17-18,21H,3-16H2,1-2H3;2*(H,3,4)(H,5,6). The lowest BCUT2D eigenvalue weighted by atomic mass is 9.76. The van der Waals surface area contributed by atoms with Crippen LogP contribution in [0.1, 0.15) is 89.7 Å². The highest BCUT2D eigenvalue weighted by Gasteiger charge is 2.46. The third-order valence-electron chi connectivity index (χ3n) is 6.44. The van der Waals surface area contributed by atoms with E-state index in [4.69, 9.17) is 49.1 Å². The van der Waals surface area contributed by atoms with E-state index in [9.17, 15) is 0 Å². The van der Waals surface area contributed by atoms with Crippen LogP contribution in [0.3, 0.4) is 0 Å². The first kappa shape index (κ1) is 34.2. The van der Waals surface area contributed by atoms with Crippen LogP contribution in [0.15, 0.2) is 0 Å². The molecule has 0 aromatic carbocycles. The summed E-state index contributed by atoms with van der Waals surface area (Å²) in [5.74, 6) is -5.55. The predicted molar refractivity (Wildman–Crippen MR) is 141 cm³/mol. The molecule has 14 heteroatoms. The second-order valence-corrected chi connectivity index (χ2v) is 9.83. The number of fused-ring (bicyclic) bond motifs is 3. The molecule has 2 atom stereocenters. The Morgan fingerprint density at radius 2 is 1.31 bits per heavy atom. The van der Waals surface area contributed by atoms with Gasteiger partial charge in [-0.05, 0) is 31.6 Å². The highest BCUT2D eigenvalue weighted by molar-refractivity contribution is 6.99. The summed E-state index contributed by atoms with van der Waals surface area (Å²) in [6, 6.07) is 0. The Kier molecular flexibility index (Phi) is 16.9. The van der Waals surface area contributed by atoms with Crippen LogP contribution < -0.4 is 4.74 Å². The summed E-state index contributed by atoms with van der Waals surface area (Å²) in [6.07, 6.45) is 12.5. The van der Waals surface area contributed by atoms with Crippen molar-refractivity contribution < 1.29 is 49.1 Å². The average Bonchev–Trinajstić information content (AvgIpc) is 3.37. The molecule has 222 valence electrons. The smallest absolute Gasteiger partial charge is 0.414 e. The number of rotatable bonds is 13. The third-order valence-corrected chi connectivity index (χ3v) is 6.96. The molecule has 0 saturated carbocycles.